The van der Waals surface area contributed by atoms with Crippen molar-refractivity contribution in [1.29, 1.82) is 0 Å². The number of aryl methyl sites for hydroxylation is 1. The van der Waals surface area contributed by atoms with Crippen LogP contribution in [0.2, 0.25) is 0 Å². The Hall–Kier alpha value is -0.890. The van der Waals surface area contributed by atoms with Crippen LogP contribution in [0.3, 0.4) is 0 Å². The summed E-state index contributed by atoms with van der Waals surface area (Å²) in [5.41, 5.74) is 8.72. The molecule has 0 radical (unpaired) electrons. The lowest BCUT2D eigenvalue weighted by Crippen LogP contribution is -2.31. The van der Waals surface area contributed by atoms with E-state index in [1.807, 2.05) is 13.1 Å². The van der Waals surface area contributed by atoms with Crippen LogP contribution in [0.5, 0.6) is 0 Å². The van der Waals surface area contributed by atoms with E-state index in [0.717, 1.165) is 5.69 Å². The van der Waals surface area contributed by atoms with E-state index in [4.69, 9.17) is 5.73 Å². The molecule has 0 amide bonds. The van der Waals surface area contributed by atoms with Gasteiger partial charge in [0.25, 0.3) is 0 Å². The fourth-order valence-electron chi connectivity index (χ4n) is 2.00. The van der Waals surface area contributed by atoms with E-state index in [9.17, 15) is 0 Å². The Morgan fingerprint density at radius 3 is 2.69 bits per heavy atom. The van der Waals surface area contributed by atoms with Gasteiger partial charge in [-0.15, -0.1) is 0 Å². The number of hydrogen-bond donors (Lipinski definition) is 1. The van der Waals surface area contributed by atoms with Crippen molar-refractivity contribution in [3.8, 4) is 0 Å². The quantitative estimate of drug-likeness (QED) is 0.745. The highest BCUT2D eigenvalue weighted by atomic mass is 14.7. The zero-order valence-electron chi connectivity index (χ0n) is 8.25. The maximum Gasteiger partial charge on any atom is 0.0375 e. The van der Waals surface area contributed by atoms with Gasteiger partial charge in [0.15, 0.2) is 0 Å². The van der Waals surface area contributed by atoms with E-state index >= 15 is 0 Å². The molecule has 2 heteroatoms. The van der Waals surface area contributed by atoms with Crippen LogP contribution < -0.4 is 5.73 Å². The topological polar surface area (TPSA) is 38.9 Å². The monoisotopic (exact) mass is 176 g/mol. The third-order valence-corrected chi connectivity index (χ3v) is 3.13. The first kappa shape index (κ1) is 8.70. The van der Waals surface area contributed by atoms with Crippen molar-refractivity contribution in [2.45, 2.75) is 38.1 Å². The maximum absolute atomic E-state index is 5.99. The zero-order valence-corrected chi connectivity index (χ0v) is 8.25. The van der Waals surface area contributed by atoms with Crippen LogP contribution in [0.1, 0.15) is 31.0 Å². The fourth-order valence-corrected chi connectivity index (χ4v) is 2.00. The van der Waals surface area contributed by atoms with Crippen molar-refractivity contribution in [2.75, 3.05) is 0 Å². The molecule has 1 aromatic heterocycles. The summed E-state index contributed by atoms with van der Waals surface area (Å²) < 4.78 is 0. The highest BCUT2D eigenvalue weighted by Gasteiger charge is 2.47. The normalized spacial score (nSPS) is 21.2. The number of nitrogens with zero attached hydrogens (tertiary/aromatic N) is 1. The summed E-state index contributed by atoms with van der Waals surface area (Å²) in [5.74, 6) is 0. The van der Waals surface area contributed by atoms with Gasteiger partial charge >= 0.3 is 0 Å². The van der Waals surface area contributed by atoms with Gasteiger partial charge in [-0.3, -0.25) is 4.98 Å². The minimum Gasteiger partial charge on any atom is -0.327 e. The molecule has 13 heavy (non-hydrogen) atoms. The lowest BCUT2D eigenvalue weighted by Gasteiger charge is -2.19. The second kappa shape index (κ2) is 2.81. The molecule has 0 aromatic carbocycles. The van der Waals surface area contributed by atoms with Gasteiger partial charge in [-0.2, -0.15) is 0 Å². The molecule has 0 aliphatic heterocycles. The number of aromatic nitrogens is 1. The fraction of sp³-hybridized carbons (Fsp3) is 0.545. The molecule has 1 saturated carbocycles. The molecule has 0 bridgehead atoms. The number of hydrogen-bond acceptors (Lipinski definition) is 2. The molecule has 2 nitrogen and oxygen atoms in total. The molecule has 1 aliphatic carbocycles. The Morgan fingerprint density at radius 1 is 1.54 bits per heavy atom. The van der Waals surface area contributed by atoms with Crippen LogP contribution in [0, 0.1) is 6.92 Å². The maximum atomic E-state index is 5.99. The lowest BCUT2D eigenvalue weighted by atomic mass is 9.90. The van der Waals surface area contributed by atoms with Gasteiger partial charge in [0.2, 0.25) is 0 Å². The van der Waals surface area contributed by atoms with Gasteiger partial charge in [-0.1, -0.05) is 0 Å². The van der Waals surface area contributed by atoms with E-state index in [1.165, 1.54) is 18.4 Å². The molecule has 2 N–H and O–H groups in total. The van der Waals surface area contributed by atoms with Crippen LogP contribution in [-0.4, -0.2) is 11.0 Å². The summed E-state index contributed by atoms with van der Waals surface area (Å²) >= 11 is 0. The number of rotatable bonds is 2. The van der Waals surface area contributed by atoms with Crippen LogP contribution in [0.4, 0.5) is 0 Å². The third-order valence-electron chi connectivity index (χ3n) is 3.13. The van der Waals surface area contributed by atoms with Gasteiger partial charge < -0.3 is 5.73 Å². The summed E-state index contributed by atoms with van der Waals surface area (Å²) in [7, 11) is 0. The van der Waals surface area contributed by atoms with Crippen molar-refractivity contribution < 1.29 is 0 Å². The Labute approximate surface area is 79.2 Å². The van der Waals surface area contributed by atoms with E-state index in [1.54, 1.807) is 0 Å². The molecule has 1 heterocycles. The average Bonchev–Trinajstić information content (AvgIpc) is 2.83. The second-order valence-electron chi connectivity index (χ2n) is 4.13. The highest BCUT2D eigenvalue weighted by molar-refractivity contribution is 5.33. The summed E-state index contributed by atoms with van der Waals surface area (Å²) in [6.45, 7) is 4.13. The lowest BCUT2D eigenvalue weighted by molar-refractivity contribution is 0.555. The first-order valence-corrected chi connectivity index (χ1v) is 4.84. The summed E-state index contributed by atoms with van der Waals surface area (Å²) in [6.07, 6.45) is 4.34. The molecule has 1 fully saturated rings. The van der Waals surface area contributed by atoms with Crippen molar-refractivity contribution >= 4 is 0 Å². The zero-order chi connectivity index (χ0) is 9.47. The number of pyridine rings is 1. The highest BCUT2D eigenvalue weighted by Crippen LogP contribution is 2.50. The third kappa shape index (κ3) is 1.35. The second-order valence-corrected chi connectivity index (χ2v) is 4.13. The summed E-state index contributed by atoms with van der Waals surface area (Å²) in [5, 5.41) is 0. The largest absolute Gasteiger partial charge is 0.327 e. The summed E-state index contributed by atoms with van der Waals surface area (Å²) in [6, 6.07) is 4.52. The number of nitrogens with two attached hydrogens (primary N) is 1. The van der Waals surface area contributed by atoms with Crippen LogP contribution >= 0.6 is 0 Å². The minimum absolute atomic E-state index is 0.259. The van der Waals surface area contributed by atoms with E-state index < -0.39 is 0 Å². The minimum atomic E-state index is 0.259. The van der Waals surface area contributed by atoms with E-state index in [0.29, 0.717) is 0 Å². The van der Waals surface area contributed by atoms with Crippen molar-refractivity contribution in [2.24, 2.45) is 5.73 Å². The Bertz CT molecular complexity index is 314. The summed E-state index contributed by atoms with van der Waals surface area (Å²) in [4.78, 5) is 4.20. The SMILES string of the molecule is Cc1cc(C2(C(C)N)CC2)ccn1. The molecular formula is C11H16N2. The molecular weight excluding hydrogens is 160 g/mol. The van der Waals surface area contributed by atoms with Crippen molar-refractivity contribution in [3.63, 3.8) is 0 Å². The van der Waals surface area contributed by atoms with Gasteiger partial charge in [-0.05, 0) is 44.4 Å². The van der Waals surface area contributed by atoms with Crippen molar-refractivity contribution in [3.05, 3.63) is 29.6 Å². The average molecular weight is 176 g/mol. The molecule has 2 rings (SSSR count). The Morgan fingerprint density at radius 2 is 2.23 bits per heavy atom. The van der Waals surface area contributed by atoms with Gasteiger partial charge in [-0.25, -0.2) is 0 Å². The predicted octanol–water partition coefficient (Wildman–Crippen LogP) is 1.77. The molecule has 1 aliphatic rings. The first-order chi connectivity index (χ1) is 6.15. The van der Waals surface area contributed by atoms with Crippen LogP contribution in [0.25, 0.3) is 0 Å². The molecule has 0 saturated heterocycles. The predicted molar refractivity (Wildman–Crippen MR) is 53.5 cm³/mol. The Balaban J connectivity index is 2.35. The van der Waals surface area contributed by atoms with Crippen LogP contribution in [0.15, 0.2) is 18.3 Å². The van der Waals surface area contributed by atoms with Crippen molar-refractivity contribution in [1.82, 2.24) is 4.98 Å². The van der Waals surface area contributed by atoms with Gasteiger partial charge in [0.05, 0.1) is 0 Å². The molecule has 70 valence electrons. The first-order valence-electron chi connectivity index (χ1n) is 4.84. The smallest absolute Gasteiger partial charge is 0.0375 e. The molecule has 1 aromatic rings. The molecule has 1 atom stereocenters. The van der Waals surface area contributed by atoms with Gasteiger partial charge in [0, 0.05) is 23.3 Å². The van der Waals surface area contributed by atoms with Crippen LogP contribution in [-0.2, 0) is 5.41 Å². The standard InChI is InChI=1S/C11H16N2/c1-8-7-10(3-6-13-8)11(4-5-11)9(2)12/h3,6-7,9H,4-5,12H2,1-2H3. The van der Waals surface area contributed by atoms with E-state index in [-0.39, 0.29) is 11.5 Å². The van der Waals surface area contributed by atoms with E-state index in [2.05, 4.69) is 24.0 Å². The van der Waals surface area contributed by atoms with Gasteiger partial charge in [0.1, 0.15) is 0 Å². The molecule has 0 spiro atoms. The Kier molecular flexibility index (Phi) is 1.88. The molecule has 1 unspecified atom stereocenters.